The van der Waals surface area contributed by atoms with E-state index in [0.717, 1.165) is 0 Å². The maximum absolute atomic E-state index is 10.5. The van der Waals surface area contributed by atoms with Crippen molar-refractivity contribution in [1.82, 2.24) is 0 Å². The number of rotatable bonds is 5. The summed E-state index contributed by atoms with van der Waals surface area (Å²) in [7, 11) is 0. The molecule has 0 aliphatic rings. The van der Waals surface area contributed by atoms with E-state index in [9.17, 15) is 20.1 Å². The minimum Gasteiger partial charge on any atom is -0.508 e. The number of carbonyl (C=O) groups is 1. The van der Waals surface area contributed by atoms with Gasteiger partial charge in [0, 0.05) is 12.0 Å². The molecular formula is C15H20O5. The first kappa shape index (κ1) is 16.0. The van der Waals surface area contributed by atoms with Gasteiger partial charge < -0.3 is 20.4 Å². The van der Waals surface area contributed by atoms with E-state index in [1.54, 1.807) is 13.8 Å². The van der Waals surface area contributed by atoms with Gasteiger partial charge in [0.15, 0.2) is 0 Å². The molecule has 4 N–H and O–H groups in total. The third-order valence-electron chi connectivity index (χ3n) is 3.33. The lowest BCUT2D eigenvalue weighted by molar-refractivity contribution is -0.138. The van der Waals surface area contributed by atoms with Crippen LogP contribution in [0, 0.1) is 13.8 Å². The van der Waals surface area contributed by atoms with Gasteiger partial charge in [0.05, 0.1) is 5.60 Å². The van der Waals surface area contributed by atoms with Crippen molar-refractivity contribution >= 4 is 12.0 Å². The Morgan fingerprint density at radius 3 is 2.45 bits per heavy atom. The predicted molar refractivity (Wildman–Crippen MR) is 75.8 cm³/mol. The van der Waals surface area contributed by atoms with Crippen LogP contribution in [0.3, 0.4) is 0 Å². The van der Waals surface area contributed by atoms with Crippen molar-refractivity contribution in [3.05, 3.63) is 28.8 Å². The highest BCUT2D eigenvalue weighted by molar-refractivity contribution is 5.67. The molecule has 0 aliphatic heterocycles. The van der Waals surface area contributed by atoms with Gasteiger partial charge in [0.2, 0.25) is 0 Å². The van der Waals surface area contributed by atoms with E-state index in [2.05, 4.69) is 0 Å². The summed E-state index contributed by atoms with van der Waals surface area (Å²) in [5.41, 5.74) is 0.243. The summed E-state index contributed by atoms with van der Waals surface area (Å²) < 4.78 is 0. The van der Waals surface area contributed by atoms with Crippen molar-refractivity contribution in [2.24, 2.45) is 0 Å². The lowest BCUT2D eigenvalue weighted by Crippen LogP contribution is -2.21. The Balaban J connectivity index is 2.98. The molecule has 0 radical (unpaired) electrons. The number of carboxylic acid groups (broad SMARTS) is 1. The highest BCUT2D eigenvalue weighted by Crippen LogP contribution is 2.33. The van der Waals surface area contributed by atoms with Crippen LogP contribution in [-0.2, 0) is 4.79 Å². The van der Waals surface area contributed by atoms with E-state index in [1.165, 1.54) is 25.1 Å². The van der Waals surface area contributed by atoms with Crippen LogP contribution in [0.1, 0.15) is 36.5 Å². The second-order valence-corrected chi connectivity index (χ2v) is 5.17. The Morgan fingerprint density at radius 2 is 1.90 bits per heavy atom. The van der Waals surface area contributed by atoms with Crippen LogP contribution in [0.25, 0.3) is 6.08 Å². The average Bonchev–Trinajstić information content (AvgIpc) is 2.37. The highest BCUT2D eigenvalue weighted by atomic mass is 16.4. The highest BCUT2D eigenvalue weighted by Gasteiger charge is 2.18. The van der Waals surface area contributed by atoms with Crippen molar-refractivity contribution in [3.63, 3.8) is 0 Å². The molecule has 1 atom stereocenters. The first-order valence-corrected chi connectivity index (χ1v) is 6.29. The number of phenolic OH excluding ortho intramolecular Hbond substituents is 2. The Bertz CT molecular complexity index is 544. The van der Waals surface area contributed by atoms with Crippen LogP contribution < -0.4 is 0 Å². The topological polar surface area (TPSA) is 98.0 Å². The molecule has 1 aromatic carbocycles. The molecule has 0 bridgehead atoms. The number of aliphatic hydroxyl groups is 1. The molecule has 0 amide bonds. The lowest BCUT2D eigenvalue weighted by atomic mass is 9.97. The second kappa shape index (κ2) is 5.96. The summed E-state index contributed by atoms with van der Waals surface area (Å²) in [5, 5.41) is 38.3. The number of aliphatic carboxylic acids is 1. The van der Waals surface area contributed by atoms with Gasteiger partial charge >= 0.3 is 5.97 Å². The number of hydrogen-bond acceptors (Lipinski definition) is 4. The zero-order valence-corrected chi connectivity index (χ0v) is 11.8. The van der Waals surface area contributed by atoms with E-state index < -0.39 is 11.6 Å². The largest absolute Gasteiger partial charge is 0.508 e. The lowest BCUT2D eigenvalue weighted by Gasteiger charge is -2.18. The minimum absolute atomic E-state index is 0.0329. The molecule has 0 saturated carbocycles. The fraction of sp³-hybridized carbons (Fsp3) is 0.400. The van der Waals surface area contributed by atoms with Crippen molar-refractivity contribution in [2.75, 3.05) is 0 Å². The zero-order valence-electron chi connectivity index (χ0n) is 11.8. The molecule has 5 heteroatoms. The van der Waals surface area contributed by atoms with Gasteiger partial charge in [-0.1, -0.05) is 12.2 Å². The molecule has 5 nitrogen and oxygen atoms in total. The molecule has 0 aliphatic carbocycles. The molecule has 0 heterocycles. The summed E-state index contributed by atoms with van der Waals surface area (Å²) in [5.74, 6) is -0.888. The van der Waals surface area contributed by atoms with Crippen LogP contribution in [-0.4, -0.2) is 32.0 Å². The molecule has 20 heavy (non-hydrogen) atoms. The maximum atomic E-state index is 10.5. The smallest absolute Gasteiger partial charge is 0.303 e. The zero-order chi connectivity index (χ0) is 15.5. The minimum atomic E-state index is -1.29. The number of hydrogen-bond donors (Lipinski definition) is 4. The molecule has 0 spiro atoms. The van der Waals surface area contributed by atoms with Gasteiger partial charge in [0.25, 0.3) is 0 Å². The predicted octanol–water partition coefficient (Wildman–Crippen LogP) is 2.34. The van der Waals surface area contributed by atoms with E-state index in [4.69, 9.17) is 5.11 Å². The fourth-order valence-electron chi connectivity index (χ4n) is 1.75. The van der Waals surface area contributed by atoms with Gasteiger partial charge in [-0.2, -0.15) is 0 Å². The number of aromatic hydroxyl groups is 2. The molecule has 110 valence electrons. The number of phenols is 2. The molecule has 0 unspecified atom stereocenters. The van der Waals surface area contributed by atoms with Crippen molar-refractivity contribution in [2.45, 2.75) is 39.2 Å². The first-order valence-electron chi connectivity index (χ1n) is 6.29. The van der Waals surface area contributed by atoms with Gasteiger partial charge in [-0.05, 0) is 44.4 Å². The van der Waals surface area contributed by atoms with Crippen LogP contribution in [0.4, 0.5) is 0 Å². The average molecular weight is 280 g/mol. The van der Waals surface area contributed by atoms with Crippen molar-refractivity contribution in [1.29, 1.82) is 0 Å². The molecule has 0 saturated heterocycles. The molecule has 0 aromatic heterocycles. The third-order valence-corrected chi connectivity index (χ3v) is 3.33. The van der Waals surface area contributed by atoms with Gasteiger partial charge in [-0.25, -0.2) is 0 Å². The SMILES string of the molecule is Cc1c(O)cc(C=C[C@](C)(O)CCC(=O)O)c(O)c1C. The van der Waals surface area contributed by atoms with E-state index >= 15 is 0 Å². The quantitative estimate of drug-likeness (QED) is 0.621. The van der Waals surface area contributed by atoms with Crippen LogP contribution in [0.2, 0.25) is 0 Å². The second-order valence-electron chi connectivity index (χ2n) is 5.17. The van der Waals surface area contributed by atoms with Gasteiger partial charge in [-0.15, -0.1) is 0 Å². The first-order chi connectivity index (χ1) is 9.14. The summed E-state index contributed by atoms with van der Waals surface area (Å²) in [6, 6.07) is 1.40. The number of benzene rings is 1. The van der Waals surface area contributed by atoms with Crippen LogP contribution in [0.5, 0.6) is 11.5 Å². The molecule has 0 fully saturated rings. The van der Waals surface area contributed by atoms with Crippen molar-refractivity contribution in [3.8, 4) is 11.5 Å². The Hall–Kier alpha value is -2.01. The number of carboxylic acids is 1. The monoisotopic (exact) mass is 280 g/mol. The van der Waals surface area contributed by atoms with Crippen LogP contribution >= 0.6 is 0 Å². The van der Waals surface area contributed by atoms with E-state index in [0.29, 0.717) is 16.7 Å². The maximum Gasteiger partial charge on any atom is 0.303 e. The molecule has 1 rings (SSSR count). The fourth-order valence-corrected chi connectivity index (χ4v) is 1.75. The Morgan fingerprint density at radius 1 is 1.30 bits per heavy atom. The normalized spacial score (nSPS) is 14.4. The molecule has 1 aromatic rings. The summed E-state index contributed by atoms with van der Waals surface area (Å²) in [4.78, 5) is 10.5. The van der Waals surface area contributed by atoms with E-state index in [-0.39, 0.29) is 24.3 Å². The van der Waals surface area contributed by atoms with Crippen molar-refractivity contribution < 1.29 is 25.2 Å². The summed E-state index contributed by atoms with van der Waals surface area (Å²) >= 11 is 0. The van der Waals surface area contributed by atoms with Gasteiger partial charge in [0.1, 0.15) is 11.5 Å². The summed E-state index contributed by atoms with van der Waals surface area (Å²) in [6.45, 7) is 4.87. The Kier molecular flexibility index (Phi) is 4.78. The standard InChI is InChI=1S/C15H20O5/c1-9-10(2)14(19)11(8-12(9)16)4-6-15(3,20)7-5-13(17)18/h4,6,8,16,19-20H,5,7H2,1-3H3,(H,17,18)/t15-/m0/s1. The summed E-state index contributed by atoms with van der Waals surface area (Å²) in [6.07, 6.45) is 2.81. The van der Waals surface area contributed by atoms with Crippen LogP contribution in [0.15, 0.2) is 12.1 Å². The van der Waals surface area contributed by atoms with E-state index in [1.807, 2.05) is 0 Å². The molecular weight excluding hydrogens is 260 g/mol. The third kappa shape index (κ3) is 3.99. The Labute approximate surface area is 117 Å². The van der Waals surface area contributed by atoms with Gasteiger partial charge in [-0.3, -0.25) is 4.79 Å².